The van der Waals surface area contributed by atoms with Crippen molar-refractivity contribution in [3.8, 4) is 0 Å². The Labute approximate surface area is 120 Å². The van der Waals surface area contributed by atoms with Gasteiger partial charge in [-0.2, -0.15) is 0 Å². The standard InChI is InChI=1S/C14H11ClN4O/c15-11-4-2-1-3-9(11)6-17-14(20)10-5-12-13(16-7-10)19-8-18-12/h1-5,7-8H,6H2,(H,17,20)(H,16,18,19). The number of fused-ring (bicyclic) bond motifs is 1. The number of pyridine rings is 1. The number of aromatic nitrogens is 3. The van der Waals surface area contributed by atoms with E-state index in [0.29, 0.717) is 22.8 Å². The molecule has 0 aliphatic carbocycles. The number of amides is 1. The fraction of sp³-hybridized carbons (Fsp3) is 0.0714. The molecule has 0 aliphatic rings. The van der Waals surface area contributed by atoms with Crippen molar-refractivity contribution < 1.29 is 4.79 Å². The normalized spacial score (nSPS) is 10.7. The van der Waals surface area contributed by atoms with E-state index >= 15 is 0 Å². The maximum Gasteiger partial charge on any atom is 0.253 e. The lowest BCUT2D eigenvalue weighted by Gasteiger charge is -2.06. The third-order valence-corrected chi connectivity index (χ3v) is 3.30. The Morgan fingerprint density at radius 2 is 2.15 bits per heavy atom. The van der Waals surface area contributed by atoms with Crippen LogP contribution in [-0.4, -0.2) is 20.9 Å². The van der Waals surface area contributed by atoms with Crippen LogP contribution in [0.4, 0.5) is 0 Å². The highest BCUT2D eigenvalue weighted by atomic mass is 35.5. The van der Waals surface area contributed by atoms with Gasteiger partial charge in [0.2, 0.25) is 0 Å². The van der Waals surface area contributed by atoms with Gasteiger partial charge in [-0.3, -0.25) is 4.79 Å². The molecule has 0 spiro atoms. The van der Waals surface area contributed by atoms with Crippen molar-refractivity contribution in [3.05, 3.63) is 59.0 Å². The van der Waals surface area contributed by atoms with Crippen LogP contribution in [0.3, 0.4) is 0 Å². The van der Waals surface area contributed by atoms with E-state index in [0.717, 1.165) is 11.1 Å². The molecule has 0 bridgehead atoms. The molecule has 2 heterocycles. The minimum Gasteiger partial charge on any atom is -0.348 e. The van der Waals surface area contributed by atoms with Gasteiger partial charge >= 0.3 is 0 Å². The number of nitrogens with zero attached hydrogens (tertiary/aromatic N) is 2. The van der Waals surface area contributed by atoms with E-state index in [2.05, 4.69) is 20.3 Å². The van der Waals surface area contributed by atoms with E-state index in [1.54, 1.807) is 18.5 Å². The Kier molecular flexibility index (Phi) is 3.35. The number of hydrogen-bond donors (Lipinski definition) is 2. The van der Waals surface area contributed by atoms with Crippen molar-refractivity contribution >= 4 is 28.7 Å². The molecule has 1 amide bonds. The summed E-state index contributed by atoms with van der Waals surface area (Å²) in [5.74, 6) is -0.200. The van der Waals surface area contributed by atoms with Gasteiger partial charge in [-0.15, -0.1) is 0 Å². The summed E-state index contributed by atoms with van der Waals surface area (Å²) in [5, 5.41) is 3.45. The lowest BCUT2D eigenvalue weighted by atomic mass is 10.2. The zero-order valence-corrected chi connectivity index (χ0v) is 11.2. The van der Waals surface area contributed by atoms with Crippen molar-refractivity contribution in [2.45, 2.75) is 6.54 Å². The summed E-state index contributed by atoms with van der Waals surface area (Å²) < 4.78 is 0. The monoisotopic (exact) mass is 286 g/mol. The number of benzene rings is 1. The molecular formula is C14H11ClN4O. The zero-order chi connectivity index (χ0) is 13.9. The van der Waals surface area contributed by atoms with E-state index in [4.69, 9.17) is 11.6 Å². The largest absolute Gasteiger partial charge is 0.348 e. The number of H-pyrrole nitrogens is 1. The van der Waals surface area contributed by atoms with Gasteiger partial charge in [0.25, 0.3) is 5.91 Å². The number of imidazole rings is 1. The summed E-state index contributed by atoms with van der Waals surface area (Å²) in [6, 6.07) is 9.12. The average Bonchev–Trinajstić information content (AvgIpc) is 2.93. The van der Waals surface area contributed by atoms with Gasteiger partial charge in [0.15, 0.2) is 5.65 Å². The van der Waals surface area contributed by atoms with Crippen molar-refractivity contribution in [2.75, 3.05) is 0 Å². The second-order valence-corrected chi connectivity index (χ2v) is 4.68. The fourth-order valence-electron chi connectivity index (χ4n) is 1.87. The van der Waals surface area contributed by atoms with Gasteiger partial charge in [-0.05, 0) is 17.7 Å². The molecule has 0 atom stereocenters. The molecule has 100 valence electrons. The van der Waals surface area contributed by atoms with Gasteiger partial charge in [-0.1, -0.05) is 29.8 Å². The SMILES string of the molecule is O=C(NCc1ccccc1Cl)c1cnc2nc[nH]c2c1. The summed E-state index contributed by atoms with van der Waals surface area (Å²) in [7, 11) is 0. The molecule has 0 saturated carbocycles. The number of rotatable bonds is 3. The molecule has 2 aromatic heterocycles. The lowest BCUT2D eigenvalue weighted by Crippen LogP contribution is -2.23. The zero-order valence-electron chi connectivity index (χ0n) is 10.4. The van der Waals surface area contributed by atoms with E-state index in [9.17, 15) is 4.79 Å². The average molecular weight is 287 g/mol. The Balaban J connectivity index is 1.74. The first-order chi connectivity index (χ1) is 9.74. The van der Waals surface area contributed by atoms with Crippen LogP contribution in [0.15, 0.2) is 42.9 Å². The van der Waals surface area contributed by atoms with Crippen LogP contribution in [0.2, 0.25) is 5.02 Å². The van der Waals surface area contributed by atoms with Crippen molar-refractivity contribution in [1.82, 2.24) is 20.3 Å². The van der Waals surface area contributed by atoms with Gasteiger partial charge in [-0.25, -0.2) is 9.97 Å². The Bertz CT molecular complexity index is 768. The summed E-state index contributed by atoms with van der Waals surface area (Å²) in [4.78, 5) is 23.1. The first-order valence-electron chi connectivity index (χ1n) is 6.05. The quantitative estimate of drug-likeness (QED) is 0.777. The molecule has 20 heavy (non-hydrogen) atoms. The second-order valence-electron chi connectivity index (χ2n) is 4.27. The van der Waals surface area contributed by atoms with Gasteiger partial charge in [0.1, 0.15) is 0 Å². The fourth-order valence-corrected chi connectivity index (χ4v) is 2.08. The van der Waals surface area contributed by atoms with E-state index < -0.39 is 0 Å². The number of halogens is 1. The number of carbonyl (C=O) groups is 1. The summed E-state index contributed by atoms with van der Waals surface area (Å²) in [6.07, 6.45) is 3.05. The highest BCUT2D eigenvalue weighted by molar-refractivity contribution is 6.31. The first-order valence-corrected chi connectivity index (χ1v) is 6.42. The van der Waals surface area contributed by atoms with Crippen LogP contribution < -0.4 is 5.32 Å². The van der Waals surface area contributed by atoms with Crippen LogP contribution in [0.1, 0.15) is 15.9 Å². The van der Waals surface area contributed by atoms with Crippen molar-refractivity contribution in [1.29, 1.82) is 0 Å². The van der Waals surface area contributed by atoms with Crippen LogP contribution in [0.5, 0.6) is 0 Å². The van der Waals surface area contributed by atoms with Crippen LogP contribution >= 0.6 is 11.6 Å². The second kappa shape index (κ2) is 5.30. The molecule has 0 aliphatic heterocycles. The minimum absolute atomic E-state index is 0.200. The molecule has 0 saturated heterocycles. The summed E-state index contributed by atoms with van der Waals surface area (Å²) >= 11 is 6.04. The molecule has 3 aromatic rings. The van der Waals surface area contributed by atoms with Crippen LogP contribution in [-0.2, 0) is 6.54 Å². The molecule has 0 fully saturated rings. The lowest BCUT2D eigenvalue weighted by molar-refractivity contribution is 0.0950. The summed E-state index contributed by atoms with van der Waals surface area (Å²) in [5.41, 5.74) is 2.68. The molecule has 0 unspecified atom stereocenters. The van der Waals surface area contributed by atoms with Gasteiger partial charge in [0, 0.05) is 17.8 Å². The number of aromatic amines is 1. The van der Waals surface area contributed by atoms with Crippen LogP contribution in [0, 0.1) is 0 Å². The van der Waals surface area contributed by atoms with E-state index in [-0.39, 0.29) is 5.91 Å². The van der Waals surface area contributed by atoms with Crippen LogP contribution in [0.25, 0.3) is 11.2 Å². The molecule has 5 nitrogen and oxygen atoms in total. The summed E-state index contributed by atoms with van der Waals surface area (Å²) in [6.45, 7) is 0.375. The first kappa shape index (κ1) is 12.6. The highest BCUT2D eigenvalue weighted by Crippen LogP contribution is 2.15. The predicted molar refractivity (Wildman–Crippen MR) is 76.5 cm³/mol. The highest BCUT2D eigenvalue weighted by Gasteiger charge is 2.09. The molecule has 0 radical (unpaired) electrons. The molecule has 3 rings (SSSR count). The minimum atomic E-state index is -0.200. The maximum absolute atomic E-state index is 12.1. The number of carbonyl (C=O) groups excluding carboxylic acids is 1. The topological polar surface area (TPSA) is 70.7 Å². The Morgan fingerprint density at radius 3 is 3.00 bits per heavy atom. The third kappa shape index (κ3) is 2.48. The van der Waals surface area contributed by atoms with Crippen molar-refractivity contribution in [3.63, 3.8) is 0 Å². The van der Waals surface area contributed by atoms with Crippen molar-refractivity contribution in [2.24, 2.45) is 0 Å². The number of nitrogens with one attached hydrogen (secondary N) is 2. The molecule has 1 aromatic carbocycles. The Morgan fingerprint density at radius 1 is 1.30 bits per heavy atom. The number of hydrogen-bond acceptors (Lipinski definition) is 3. The molecule has 2 N–H and O–H groups in total. The van der Waals surface area contributed by atoms with Gasteiger partial charge < -0.3 is 10.3 Å². The smallest absolute Gasteiger partial charge is 0.253 e. The van der Waals surface area contributed by atoms with E-state index in [1.165, 1.54) is 6.20 Å². The molecule has 6 heteroatoms. The van der Waals surface area contributed by atoms with E-state index in [1.807, 2.05) is 18.2 Å². The predicted octanol–water partition coefficient (Wildman–Crippen LogP) is 2.54. The molecular weight excluding hydrogens is 276 g/mol. The Hall–Kier alpha value is -2.40. The third-order valence-electron chi connectivity index (χ3n) is 2.93. The maximum atomic E-state index is 12.1. The van der Waals surface area contributed by atoms with Gasteiger partial charge in [0.05, 0.1) is 17.4 Å².